The van der Waals surface area contributed by atoms with Crippen molar-refractivity contribution in [1.82, 2.24) is 5.32 Å². The maximum absolute atomic E-state index is 11.9. The molecule has 2 rings (SSSR count). The van der Waals surface area contributed by atoms with Crippen molar-refractivity contribution < 1.29 is 9.53 Å². The van der Waals surface area contributed by atoms with E-state index in [1.807, 2.05) is 30.5 Å². The zero-order valence-electron chi connectivity index (χ0n) is 12.2. The van der Waals surface area contributed by atoms with E-state index in [4.69, 9.17) is 4.74 Å². The molecule has 1 aromatic rings. The highest BCUT2D eigenvalue weighted by molar-refractivity contribution is 7.98. The molecule has 1 fully saturated rings. The molecule has 110 valence electrons. The highest BCUT2D eigenvalue weighted by Gasteiger charge is 2.22. The predicted molar refractivity (Wildman–Crippen MR) is 83.3 cm³/mol. The Morgan fingerprint density at radius 2 is 2.00 bits per heavy atom. The lowest BCUT2D eigenvalue weighted by molar-refractivity contribution is -0.124. The van der Waals surface area contributed by atoms with Crippen LogP contribution in [-0.4, -0.2) is 24.8 Å². The molecule has 1 saturated carbocycles. The molecule has 3 nitrogen and oxygen atoms in total. The van der Waals surface area contributed by atoms with Crippen LogP contribution in [0.1, 0.15) is 32.6 Å². The van der Waals surface area contributed by atoms with Gasteiger partial charge in [0, 0.05) is 10.9 Å². The maximum Gasteiger partial charge on any atom is 0.258 e. The van der Waals surface area contributed by atoms with Crippen LogP contribution in [0.25, 0.3) is 0 Å². The molecule has 0 aromatic heterocycles. The molecule has 0 unspecified atom stereocenters. The van der Waals surface area contributed by atoms with Crippen molar-refractivity contribution in [3.8, 4) is 5.75 Å². The summed E-state index contributed by atoms with van der Waals surface area (Å²) in [6, 6.07) is 8.13. The number of rotatable bonds is 5. The molecule has 1 N–H and O–H groups in total. The van der Waals surface area contributed by atoms with Crippen LogP contribution in [0, 0.1) is 5.92 Å². The molecular weight excluding hydrogens is 270 g/mol. The standard InChI is InChI=1S/C16H23NO2S/c1-12-5-3-4-6-15(12)17-16(18)11-19-13-7-9-14(20-2)10-8-13/h7-10,12,15H,3-6,11H2,1-2H3,(H,17,18)/t12-,15-/m0/s1. The van der Waals surface area contributed by atoms with Crippen molar-refractivity contribution in [3.63, 3.8) is 0 Å². The minimum atomic E-state index is -0.0160. The number of hydrogen-bond acceptors (Lipinski definition) is 3. The first-order valence-electron chi connectivity index (χ1n) is 7.25. The summed E-state index contributed by atoms with van der Waals surface area (Å²) in [4.78, 5) is 13.1. The van der Waals surface area contributed by atoms with Crippen LogP contribution in [0.4, 0.5) is 0 Å². The van der Waals surface area contributed by atoms with Gasteiger partial charge in [0.2, 0.25) is 0 Å². The zero-order valence-corrected chi connectivity index (χ0v) is 13.0. The molecule has 4 heteroatoms. The topological polar surface area (TPSA) is 38.3 Å². The summed E-state index contributed by atoms with van der Waals surface area (Å²) < 4.78 is 5.52. The minimum absolute atomic E-state index is 0.0160. The van der Waals surface area contributed by atoms with Gasteiger partial charge >= 0.3 is 0 Å². The molecule has 0 spiro atoms. The van der Waals surface area contributed by atoms with E-state index < -0.39 is 0 Å². The molecule has 0 aliphatic heterocycles. The van der Waals surface area contributed by atoms with E-state index >= 15 is 0 Å². The van der Waals surface area contributed by atoms with Crippen molar-refractivity contribution in [3.05, 3.63) is 24.3 Å². The smallest absolute Gasteiger partial charge is 0.258 e. The minimum Gasteiger partial charge on any atom is -0.484 e. The fraction of sp³-hybridized carbons (Fsp3) is 0.562. The molecule has 1 aromatic carbocycles. The van der Waals surface area contributed by atoms with Crippen LogP contribution in [0.5, 0.6) is 5.75 Å². The first-order chi connectivity index (χ1) is 9.69. The van der Waals surface area contributed by atoms with Gasteiger partial charge in [0.05, 0.1) is 0 Å². The Labute approximate surface area is 125 Å². The lowest BCUT2D eigenvalue weighted by Crippen LogP contribution is -2.43. The van der Waals surface area contributed by atoms with Gasteiger partial charge in [-0.3, -0.25) is 4.79 Å². The van der Waals surface area contributed by atoms with Crippen LogP contribution in [-0.2, 0) is 4.79 Å². The zero-order chi connectivity index (χ0) is 14.4. The number of amides is 1. The Balaban J connectivity index is 1.76. The van der Waals surface area contributed by atoms with Crippen molar-refractivity contribution in [2.75, 3.05) is 12.9 Å². The number of ether oxygens (including phenoxy) is 1. The van der Waals surface area contributed by atoms with Gasteiger partial charge in [-0.25, -0.2) is 0 Å². The Bertz CT molecular complexity index is 433. The molecule has 1 aliphatic rings. The van der Waals surface area contributed by atoms with Gasteiger partial charge in [-0.15, -0.1) is 11.8 Å². The van der Waals surface area contributed by atoms with E-state index in [0.29, 0.717) is 12.0 Å². The third-order valence-corrected chi connectivity index (χ3v) is 4.63. The third kappa shape index (κ3) is 4.44. The lowest BCUT2D eigenvalue weighted by atomic mass is 9.86. The molecule has 1 amide bonds. The highest BCUT2D eigenvalue weighted by atomic mass is 32.2. The average molecular weight is 293 g/mol. The van der Waals surface area contributed by atoms with Gasteiger partial charge < -0.3 is 10.1 Å². The van der Waals surface area contributed by atoms with E-state index in [1.54, 1.807) is 11.8 Å². The summed E-state index contributed by atoms with van der Waals surface area (Å²) in [7, 11) is 0. The molecule has 0 heterocycles. The molecule has 0 saturated heterocycles. The number of hydrogen-bond donors (Lipinski definition) is 1. The molecule has 0 bridgehead atoms. The first kappa shape index (κ1) is 15.2. The Kier molecular flexibility index (Phi) is 5.77. The number of nitrogens with one attached hydrogen (secondary N) is 1. The van der Waals surface area contributed by atoms with Crippen molar-refractivity contribution >= 4 is 17.7 Å². The van der Waals surface area contributed by atoms with E-state index in [2.05, 4.69) is 12.2 Å². The van der Waals surface area contributed by atoms with Crippen molar-refractivity contribution in [1.29, 1.82) is 0 Å². The molecule has 0 radical (unpaired) electrons. The van der Waals surface area contributed by atoms with Gasteiger partial charge in [-0.05, 0) is 49.3 Å². The SMILES string of the molecule is CSc1ccc(OCC(=O)N[C@H]2CCCC[C@@H]2C)cc1. The fourth-order valence-electron chi connectivity index (χ4n) is 2.60. The van der Waals surface area contributed by atoms with Crippen LogP contribution in [0.2, 0.25) is 0 Å². The number of benzene rings is 1. The summed E-state index contributed by atoms with van der Waals surface area (Å²) in [5.74, 6) is 1.31. The number of carbonyl (C=O) groups excluding carboxylic acids is 1. The highest BCUT2D eigenvalue weighted by Crippen LogP contribution is 2.23. The maximum atomic E-state index is 11.9. The second-order valence-corrected chi connectivity index (χ2v) is 6.28. The van der Waals surface area contributed by atoms with Gasteiger partial charge in [0.25, 0.3) is 5.91 Å². The summed E-state index contributed by atoms with van der Waals surface area (Å²) in [5, 5.41) is 3.09. The van der Waals surface area contributed by atoms with Crippen LogP contribution < -0.4 is 10.1 Å². The third-order valence-electron chi connectivity index (χ3n) is 3.89. The summed E-state index contributed by atoms with van der Waals surface area (Å²) in [6.07, 6.45) is 6.84. The number of carbonyl (C=O) groups is 1. The van der Waals surface area contributed by atoms with Gasteiger partial charge in [0.15, 0.2) is 6.61 Å². The Morgan fingerprint density at radius 1 is 1.30 bits per heavy atom. The van der Waals surface area contributed by atoms with E-state index in [9.17, 15) is 4.79 Å². The molecule has 2 atom stereocenters. The van der Waals surface area contributed by atoms with Crippen molar-refractivity contribution in [2.45, 2.75) is 43.5 Å². The fourth-order valence-corrected chi connectivity index (χ4v) is 3.01. The Hall–Kier alpha value is -1.16. The Morgan fingerprint density at radius 3 is 2.65 bits per heavy atom. The molecule has 20 heavy (non-hydrogen) atoms. The molecular formula is C16H23NO2S. The van der Waals surface area contributed by atoms with Crippen LogP contribution in [0.15, 0.2) is 29.2 Å². The van der Waals surface area contributed by atoms with E-state index in [0.717, 1.165) is 12.2 Å². The first-order valence-corrected chi connectivity index (χ1v) is 8.47. The second kappa shape index (κ2) is 7.58. The van der Waals surface area contributed by atoms with Gasteiger partial charge in [-0.1, -0.05) is 19.8 Å². The molecule has 1 aliphatic carbocycles. The summed E-state index contributed by atoms with van der Waals surface area (Å²) in [5.41, 5.74) is 0. The van der Waals surface area contributed by atoms with Gasteiger partial charge in [-0.2, -0.15) is 0 Å². The van der Waals surface area contributed by atoms with Crippen molar-refractivity contribution in [2.24, 2.45) is 5.92 Å². The summed E-state index contributed by atoms with van der Waals surface area (Å²) >= 11 is 1.69. The largest absolute Gasteiger partial charge is 0.484 e. The van der Waals surface area contributed by atoms with E-state index in [1.165, 1.54) is 24.2 Å². The van der Waals surface area contributed by atoms with Crippen LogP contribution >= 0.6 is 11.8 Å². The normalized spacial score (nSPS) is 22.3. The predicted octanol–water partition coefficient (Wildman–Crippen LogP) is 3.48. The van der Waals surface area contributed by atoms with E-state index in [-0.39, 0.29) is 12.5 Å². The monoisotopic (exact) mass is 293 g/mol. The average Bonchev–Trinajstić information content (AvgIpc) is 2.48. The second-order valence-electron chi connectivity index (χ2n) is 5.40. The van der Waals surface area contributed by atoms with Crippen LogP contribution in [0.3, 0.4) is 0 Å². The quantitative estimate of drug-likeness (QED) is 0.845. The number of thioether (sulfide) groups is 1. The summed E-state index contributed by atoms with van der Waals surface area (Å²) in [6.45, 7) is 2.31. The van der Waals surface area contributed by atoms with Gasteiger partial charge in [0.1, 0.15) is 5.75 Å². The lowest BCUT2D eigenvalue weighted by Gasteiger charge is -2.29.